The summed E-state index contributed by atoms with van der Waals surface area (Å²) in [5.74, 6) is -5.09. The summed E-state index contributed by atoms with van der Waals surface area (Å²) < 4.78 is 21.9. The van der Waals surface area contributed by atoms with Crippen molar-refractivity contribution in [2.45, 2.75) is 49.9 Å². The number of likely N-dealkylation sites (tertiary alicyclic amines) is 2. The lowest BCUT2D eigenvalue weighted by atomic mass is 9.92. The first-order valence-corrected chi connectivity index (χ1v) is 12.7. The number of carbonyl (C=O) groups excluding carboxylic acids is 3. The molecule has 2 heterocycles. The summed E-state index contributed by atoms with van der Waals surface area (Å²) in [6, 6.07) is 0.138. The molecule has 5 atom stereocenters. The highest BCUT2D eigenvalue weighted by molar-refractivity contribution is 7.81. The maximum Gasteiger partial charge on any atom is 0.328 e. The van der Waals surface area contributed by atoms with Crippen LogP contribution in [0.2, 0.25) is 5.02 Å². The highest BCUT2D eigenvalue weighted by Crippen LogP contribution is 2.36. The molecule has 2 unspecified atom stereocenters. The van der Waals surface area contributed by atoms with Gasteiger partial charge in [0.15, 0.2) is 17.5 Å². The van der Waals surface area contributed by atoms with Gasteiger partial charge in [0.25, 0.3) is 5.91 Å². The van der Waals surface area contributed by atoms with Crippen LogP contribution in [0, 0.1) is 5.92 Å². The molecule has 13 nitrogen and oxygen atoms in total. The number of β-lactam (4-membered cyclic amide) rings is 1. The topological polar surface area (TPSA) is 200 Å². The number of aromatic hydroxyl groups is 2. The monoisotopic (exact) mass is 557 g/mol. The Labute approximate surface area is 219 Å². The Kier molecular flexibility index (Phi) is 8.45. The van der Waals surface area contributed by atoms with Gasteiger partial charge in [-0.2, -0.15) is 5.10 Å². The molecule has 2 fully saturated rings. The van der Waals surface area contributed by atoms with E-state index in [1.807, 2.05) is 0 Å². The average molecular weight is 558 g/mol. The summed E-state index contributed by atoms with van der Waals surface area (Å²) >= 11 is 2.95. The summed E-state index contributed by atoms with van der Waals surface area (Å²) in [6.07, 6.45) is 1.70. The van der Waals surface area contributed by atoms with Crippen LogP contribution < -0.4 is 5.43 Å². The number of rotatable bonds is 8. The molecule has 0 aromatic heterocycles. The molecule has 0 bridgehead atoms. The lowest BCUT2D eigenvalue weighted by Crippen LogP contribution is -2.67. The second kappa shape index (κ2) is 11.0. The number of carboxylic acids is 1. The zero-order chi connectivity index (χ0) is 27.7. The molecule has 15 heteroatoms. The van der Waals surface area contributed by atoms with Crippen molar-refractivity contribution in [2.24, 2.45) is 11.0 Å². The number of aliphatic carboxylic acids is 1. The highest BCUT2D eigenvalue weighted by Gasteiger charge is 2.51. The zero-order valence-corrected chi connectivity index (χ0v) is 21.5. The van der Waals surface area contributed by atoms with Crippen molar-refractivity contribution >= 4 is 52.6 Å². The van der Waals surface area contributed by atoms with E-state index >= 15 is 0 Å². The summed E-state index contributed by atoms with van der Waals surface area (Å²) in [5, 5.41) is 32.4. The van der Waals surface area contributed by atoms with Crippen molar-refractivity contribution in [2.75, 3.05) is 13.1 Å². The largest absolute Gasteiger partial charge is 0.772 e. The van der Waals surface area contributed by atoms with E-state index < -0.39 is 69.0 Å². The summed E-state index contributed by atoms with van der Waals surface area (Å²) in [4.78, 5) is 51.8. The number of nitrogens with one attached hydrogen (secondary N) is 1. The highest BCUT2D eigenvalue weighted by atomic mass is 35.5. The Balaban J connectivity index is 1.71. The van der Waals surface area contributed by atoms with Crippen LogP contribution >= 0.6 is 11.6 Å². The second-order valence-corrected chi connectivity index (χ2v) is 10.9. The van der Waals surface area contributed by atoms with E-state index in [0.717, 1.165) is 24.1 Å². The molecule has 0 saturated carbocycles. The first-order valence-electron chi connectivity index (χ1n) is 11.3. The van der Waals surface area contributed by atoms with E-state index in [0.29, 0.717) is 19.4 Å². The number of hydrazone groups is 1. The van der Waals surface area contributed by atoms with Gasteiger partial charge in [-0.1, -0.05) is 11.6 Å². The van der Waals surface area contributed by atoms with E-state index in [4.69, 9.17) is 11.6 Å². The zero-order valence-electron chi connectivity index (χ0n) is 19.9. The normalized spacial score (nSPS) is 23.2. The molecule has 0 spiro atoms. The molecule has 2 aliphatic rings. The number of piperidine rings is 1. The van der Waals surface area contributed by atoms with Gasteiger partial charge in [-0.3, -0.25) is 18.6 Å². The van der Waals surface area contributed by atoms with Gasteiger partial charge in [0, 0.05) is 31.8 Å². The maximum absolute atomic E-state index is 12.9. The van der Waals surface area contributed by atoms with Crippen molar-refractivity contribution in [1.82, 2.24) is 15.2 Å². The maximum atomic E-state index is 12.9. The molecule has 37 heavy (non-hydrogen) atoms. The minimum Gasteiger partial charge on any atom is -0.772 e. The predicted molar refractivity (Wildman–Crippen MR) is 130 cm³/mol. The van der Waals surface area contributed by atoms with E-state index in [-0.39, 0.29) is 23.6 Å². The van der Waals surface area contributed by atoms with Gasteiger partial charge in [-0.25, -0.2) is 10.2 Å². The lowest BCUT2D eigenvalue weighted by molar-refractivity contribution is -0.161. The Morgan fingerprint density at radius 1 is 1.35 bits per heavy atom. The minimum atomic E-state index is -3.03. The first-order chi connectivity index (χ1) is 17.3. The minimum absolute atomic E-state index is 0.0273. The number of phenols is 2. The van der Waals surface area contributed by atoms with Crippen LogP contribution in [0.4, 0.5) is 0 Å². The Morgan fingerprint density at radius 2 is 2.03 bits per heavy atom. The van der Waals surface area contributed by atoms with Gasteiger partial charge in [0.2, 0.25) is 11.8 Å². The molecular weight excluding hydrogens is 532 g/mol. The summed E-state index contributed by atoms with van der Waals surface area (Å²) in [7, 11) is 0. The number of carbonyl (C=O) groups is 4. The van der Waals surface area contributed by atoms with Gasteiger partial charge in [0.05, 0.1) is 21.3 Å². The fourth-order valence-electron chi connectivity index (χ4n) is 4.41. The number of phenolic OH excluding ortho intramolecular Hbond substituents is 2. The average Bonchev–Trinajstić information content (AvgIpc) is 2.85. The van der Waals surface area contributed by atoms with Gasteiger partial charge < -0.3 is 29.7 Å². The lowest BCUT2D eigenvalue weighted by Gasteiger charge is -2.48. The third-order valence-electron chi connectivity index (χ3n) is 6.55. The van der Waals surface area contributed by atoms with Crippen LogP contribution in [0.3, 0.4) is 0 Å². The third-order valence-corrected chi connectivity index (χ3v) is 7.98. The Morgan fingerprint density at radius 3 is 2.59 bits per heavy atom. The number of hydrogen-bond donors (Lipinski definition) is 4. The third kappa shape index (κ3) is 5.55. The van der Waals surface area contributed by atoms with Gasteiger partial charge in [-0.15, -0.1) is 0 Å². The van der Waals surface area contributed by atoms with E-state index in [1.165, 1.54) is 11.0 Å². The molecule has 202 valence electrons. The molecule has 2 saturated heterocycles. The Hall–Kier alpha value is -3.23. The fourth-order valence-corrected chi connectivity index (χ4v) is 5.19. The molecule has 0 aliphatic carbocycles. The van der Waals surface area contributed by atoms with Gasteiger partial charge >= 0.3 is 5.97 Å². The van der Waals surface area contributed by atoms with Crippen LogP contribution in [0.1, 0.15) is 43.5 Å². The summed E-state index contributed by atoms with van der Waals surface area (Å²) in [5.41, 5.74) is 2.15. The molecular formula is C22H26ClN4O9S-. The van der Waals surface area contributed by atoms with Crippen LogP contribution in [0.25, 0.3) is 0 Å². The number of benzene rings is 1. The van der Waals surface area contributed by atoms with Crippen LogP contribution in [0.5, 0.6) is 11.5 Å². The van der Waals surface area contributed by atoms with Crippen LogP contribution in [-0.4, -0.2) is 93.7 Å². The molecule has 4 N–H and O–H groups in total. The van der Waals surface area contributed by atoms with Crippen LogP contribution in [0.15, 0.2) is 17.2 Å². The number of amides is 3. The molecule has 2 aliphatic heterocycles. The molecule has 3 amide bonds. The van der Waals surface area contributed by atoms with Crippen molar-refractivity contribution in [1.29, 1.82) is 0 Å². The van der Waals surface area contributed by atoms with E-state index in [2.05, 4.69) is 10.5 Å². The van der Waals surface area contributed by atoms with Crippen molar-refractivity contribution in [3.8, 4) is 11.5 Å². The summed E-state index contributed by atoms with van der Waals surface area (Å²) in [6.45, 7) is 2.95. The molecule has 1 aromatic carbocycles. The standard InChI is InChI=1S/C22H27ClN4O9S/c1-11-8-15(29)27(11)18(21(33)34)22(2,37(35)36)10-24-25-19(31)12-4-3-7-26(9-12)20(32)13-5-6-14(28)17(30)16(13)23/h5-6,10-12,18,28,30H,3-4,7-9H2,1-2H3,(H,25,31)(H,33,34)(H,35,36)/p-1/b24-10+/t11-,12?,18+,22+/m1/s1. The van der Waals surface area contributed by atoms with Crippen LogP contribution in [-0.2, 0) is 25.5 Å². The second-order valence-electron chi connectivity index (χ2n) is 9.13. The van der Waals surface area contributed by atoms with Crippen molar-refractivity contribution in [3.05, 3.63) is 22.7 Å². The number of nitrogens with zero attached hydrogens (tertiary/aromatic N) is 3. The molecule has 3 rings (SSSR count). The van der Waals surface area contributed by atoms with Crippen molar-refractivity contribution < 1.29 is 43.3 Å². The van der Waals surface area contributed by atoms with Crippen molar-refractivity contribution in [3.63, 3.8) is 0 Å². The van der Waals surface area contributed by atoms with E-state index in [9.17, 15) is 43.3 Å². The number of carboxylic acid groups (broad SMARTS) is 1. The van der Waals surface area contributed by atoms with Gasteiger partial charge in [-0.05, 0) is 49.9 Å². The SMILES string of the molecule is C[C@@H]1CC(=O)N1[C@@H](C(=O)O)[C@](C)(/C=N/NC(=O)C1CCCN(C(=O)c2ccc(O)c(O)c2Cl)C1)S(=O)[O-]. The number of hydrogen-bond acceptors (Lipinski definition) is 9. The predicted octanol–water partition coefficient (Wildman–Crippen LogP) is 0.417. The first kappa shape index (κ1) is 28.3. The smallest absolute Gasteiger partial charge is 0.328 e. The van der Waals surface area contributed by atoms with Gasteiger partial charge in [0.1, 0.15) is 0 Å². The fraction of sp³-hybridized carbons (Fsp3) is 0.500. The molecule has 0 radical (unpaired) electrons. The van der Waals surface area contributed by atoms with E-state index in [1.54, 1.807) is 6.92 Å². The number of halogens is 1. The molecule has 1 aromatic rings. The quantitative estimate of drug-likeness (QED) is 0.115. The Bertz CT molecular complexity index is 1180.